The van der Waals surface area contributed by atoms with Gasteiger partial charge in [-0.2, -0.15) is 0 Å². The molecule has 1 aromatic carbocycles. The van der Waals surface area contributed by atoms with Crippen LogP contribution in [-0.2, 0) is 17.9 Å². The van der Waals surface area contributed by atoms with Crippen LogP contribution in [0.4, 0.5) is 0 Å². The number of likely N-dealkylation sites (N-methyl/N-ethyl adjacent to an activating group) is 1. The Morgan fingerprint density at radius 3 is 2.46 bits per heavy atom. The highest BCUT2D eigenvalue weighted by Crippen LogP contribution is 2.24. The molecule has 2 heterocycles. The normalized spacial score (nSPS) is 23.3. The monoisotopic (exact) mass is 357 g/mol. The van der Waals surface area contributed by atoms with Crippen molar-refractivity contribution >= 4 is 5.91 Å². The van der Waals surface area contributed by atoms with Gasteiger partial charge in [-0.05, 0) is 56.8 Å². The summed E-state index contributed by atoms with van der Waals surface area (Å²) in [6.07, 6.45) is 4.67. The van der Waals surface area contributed by atoms with Gasteiger partial charge in [0, 0.05) is 52.2 Å². The Balaban J connectivity index is 1.73. The summed E-state index contributed by atoms with van der Waals surface area (Å²) in [5.41, 5.74) is 5.71. The van der Waals surface area contributed by atoms with Crippen LogP contribution in [0.3, 0.4) is 0 Å². The number of carbonyl (C=O) groups excluding carboxylic acids is 1. The van der Waals surface area contributed by atoms with Crippen LogP contribution in [0, 0.1) is 13.8 Å². The summed E-state index contributed by atoms with van der Waals surface area (Å²) in [7, 11) is 1.92. The third-order valence-electron chi connectivity index (χ3n) is 6.29. The highest BCUT2D eigenvalue weighted by Gasteiger charge is 2.21. The number of benzene rings is 1. The number of aryl methyl sites for hydroxylation is 1. The Labute approximate surface area is 159 Å². The Morgan fingerprint density at radius 1 is 1.00 bits per heavy atom. The lowest BCUT2D eigenvalue weighted by atomic mass is 9.96. The minimum Gasteiger partial charge on any atom is -0.344 e. The molecule has 0 radical (unpaired) electrons. The number of piperidine rings is 1. The van der Waals surface area contributed by atoms with E-state index in [2.05, 4.69) is 42.7 Å². The molecule has 0 bridgehead atoms. The minimum absolute atomic E-state index is 0.272. The van der Waals surface area contributed by atoms with Gasteiger partial charge in [-0.15, -0.1) is 0 Å². The summed E-state index contributed by atoms with van der Waals surface area (Å²) in [4.78, 5) is 18.9. The second kappa shape index (κ2) is 8.53. The van der Waals surface area contributed by atoms with Gasteiger partial charge >= 0.3 is 0 Å². The van der Waals surface area contributed by atoms with Crippen molar-refractivity contribution in [2.75, 3.05) is 33.2 Å². The van der Waals surface area contributed by atoms with Crippen molar-refractivity contribution in [1.82, 2.24) is 14.7 Å². The molecule has 2 aliphatic heterocycles. The summed E-state index contributed by atoms with van der Waals surface area (Å²) < 4.78 is 0. The number of nitrogens with zero attached hydrogens (tertiary/aromatic N) is 3. The maximum Gasteiger partial charge on any atom is 0.223 e. The number of hydrogen-bond donors (Lipinski definition) is 0. The van der Waals surface area contributed by atoms with Crippen LogP contribution in [0.2, 0.25) is 0 Å². The quantitative estimate of drug-likeness (QED) is 0.827. The molecule has 3 rings (SSSR count). The average molecular weight is 358 g/mol. The van der Waals surface area contributed by atoms with Crippen LogP contribution in [0.25, 0.3) is 0 Å². The molecule has 2 saturated heterocycles. The van der Waals surface area contributed by atoms with Crippen molar-refractivity contribution in [2.45, 2.75) is 65.6 Å². The molecule has 2 fully saturated rings. The number of hydrogen-bond acceptors (Lipinski definition) is 3. The van der Waals surface area contributed by atoms with Crippen LogP contribution in [0.15, 0.2) is 12.1 Å². The zero-order chi connectivity index (χ0) is 18.7. The molecule has 144 valence electrons. The van der Waals surface area contributed by atoms with Gasteiger partial charge in [0.15, 0.2) is 0 Å². The lowest BCUT2D eigenvalue weighted by molar-refractivity contribution is -0.129. The number of amides is 1. The van der Waals surface area contributed by atoms with E-state index in [9.17, 15) is 4.79 Å². The standard InChI is InChI=1S/C22H35N3O/c1-17-13-20(15-24-10-8-22(26)23(4)11-12-24)19(3)21(14-17)16-25-9-6-5-7-18(25)2/h13-14,18H,5-12,15-16H2,1-4H3/t18-/m1/s1. The fourth-order valence-electron chi connectivity index (χ4n) is 4.33. The van der Waals surface area contributed by atoms with Crippen molar-refractivity contribution in [1.29, 1.82) is 0 Å². The van der Waals surface area contributed by atoms with Gasteiger partial charge in [0.2, 0.25) is 5.91 Å². The van der Waals surface area contributed by atoms with Crippen molar-refractivity contribution in [3.63, 3.8) is 0 Å². The average Bonchev–Trinajstić information content (AvgIpc) is 2.76. The lowest BCUT2D eigenvalue weighted by Gasteiger charge is -2.34. The van der Waals surface area contributed by atoms with Gasteiger partial charge in [-0.25, -0.2) is 0 Å². The zero-order valence-corrected chi connectivity index (χ0v) is 17.1. The van der Waals surface area contributed by atoms with Crippen LogP contribution in [0.5, 0.6) is 0 Å². The molecule has 1 atom stereocenters. The van der Waals surface area contributed by atoms with E-state index in [4.69, 9.17) is 0 Å². The summed E-state index contributed by atoms with van der Waals surface area (Å²) in [5.74, 6) is 0.272. The highest BCUT2D eigenvalue weighted by molar-refractivity contribution is 5.76. The Bertz CT molecular complexity index is 643. The van der Waals surface area contributed by atoms with Crippen molar-refractivity contribution < 1.29 is 4.79 Å². The van der Waals surface area contributed by atoms with Crippen LogP contribution in [-0.4, -0.2) is 59.9 Å². The molecular formula is C22H35N3O. The van der Waals surface area contributed by atoms with Crippen LogP contribution in [0.1, 0.15) is 54.9 Å². The van der Waals surface area contributed by atoms with Gasteiger partial charge in [-0.1, -0.05) is 24.1 Å². The van der Waals surface area contributed by atoms with Crippen LogP contribution >= 0.6 is 0 Å². The van der Waals surface area contributed by atoms with E-state index in [0.717, 1.165) is 32.7 Å². The molecule has 0 spiro atoms. The summed E-state index contributed by atoms with van der Waals surface area (Å²) in [6.45, 7) is 12.8. The van der Waals surface area contributed by atoms with Gasteiger partial charge in [0.1, 0.15) is 0 Å². The predicted octanol–water partition coefficient (Wildman–Crippen LogP) is 3.34. The number of rotatable bonds is 4. The van der Waals surface area contributed by atoms with E-state index in [1.165, 1.54) is 48.1 Å². The molecule has 1 aromatic rings. The molecule has 4 nitrogen and oxygen atoms in total. The van der Waals surface area contributed by atoms with Crippen molar-refractivity contribution in [3.8, 4) is 0 Å². The van der Waals surface area contributed by atoms with Gasteiger partial charge in [0.05, 0.1) is 0 Å². The topological polar surface area (TPSA) is 26.8 Å². The first-order valence-corrected chi connectivity index (χ1v) is 10.2. The molecule has 4 heteroatoms. The Morgan fingerprint density at radius 2 is 1.73 bits per heavy atom. The third-order valence-corrected chi connectivity index (χ3v) is 6.29. The molecule has 0 N–H and O–H groups in total. The maximum absolute atomic E-state index is 11.9. The Kier molecular flexibility index (Phi) is 6.36. The fraction of sp³-hybridized carbons (Fsp3) is 0.682. The van der Waals surface area contributed by atoms with Gasteiger partial charge in [0.25, 0.3) is 0 Å². The molecular weight excluding hydrogens is 322 g/mol. The van der Waals surface area contributed by atoms with E-state index in [1.54, 1.807) is 0 Å². The van der Waals surface area contributed by atoms with Crippen LogP contribution < -0.4 is 0 Å². The van der Waals surface area contributed by atoms with Crippen molar-refractivity contribution in [3.05, 3.63) is 34.4 Å². The molecule has 0 aromatic heterocycles. The number of likely N-dealkylation sites (tertiary alicyclic amines) is 1. The van der Waals surface area contributed by atoms with Gasteiger partial charge in [-0.3, -0.25) is 14.6 Å². The molecule has 2 aliphatic rings. The molecule has 1 amide bonds. The second-order valence-electron chi connectivity index (χ2n) is 8.36. The smallest absolute Gasteiger partial charge is 0.223 e. The summed E-state index contributed by atoms with van der Waals surface area (Å²) >= 11 is 0. The first kappa shape index (κ1) is 19.4. The largest absolute Gasteiger partial charge is 0.344 e. The maximum atomic E-state index is 11.9. The van der Waals surface area contributed by atoms with E-state index in [1.807, 2.05) is 11.9 Å². The first-order chi connectivity index (χ1) is 12.4. The molecule has 0 saturated carbocycles. The van der Waals surface area contributed by atoms with E-state index in [-0.39, 0.29) is 5.91 Å². The lowest BCUT2D eigenvalue weighted by Crippen LogP contribution is -2.37. The van der Waals surface area contributed by atoms with E-state index < -0.39 is 0 Å². The predicted molar refractivity (Wildman–Crippen MR) is 107 cm³/mol. The fourth-order valence-corrected chi connectivity index (χ4v) is 4.33. The highest BCUT2D eigenvalue weighted by atomic mass is 16.2. The summed E-state index contributed by atoms with van der Waals surface area (Å²) in [5, 5.41) is 0. The van der Waals surface area contributed by atoms with Crippen molar-refractivity contribution in [2.24, 2.45) is 0 Å². The zero-order valence-electron chi connectivity index (χ0n) is 17.1. The third kappa shape index (κ3) is 4.66. The SMILES string of the molecule is Cc1cc(CN2CCC(=O)N(C)CC2)c(C)c(CN2CCCC[C@H]2C)c1. The van der Waals surface area contributed by atoms with E-state index >= 15 is 0 Å². The number of carbonyl (C=O) groups is 1. The molecule has 0 unspecified atom stereocenters. The van der Waals surface area contributed by atoms with E-state index in [0.29, 0.717) is 12.5 Å². The molecule has 0 aliphatic carbocycles. The second-order valence-corrected chi connectivity index (χ2v) is 8.36. The first-order valence-electron chi connectivity index (χ1n) is 10.2. The minimum atomic E-state index is 0.272. The van der Waals surface area contributed by atoms with Gasteiger partial charge < -0.3 is 4.90 Å². The summed E-state index contributed by atoms with van der Waals surface area (Å²) in [6, 6.07) is 5.41. The Hall–Kier alpha value is -1.39. The molecule has 26 heavy (non-hydrogen) atoms.